The fraction of sp³-hybridized carbons (Fsp3) is 0.538. The van der Waals surface area contributed by atoms with Crippen molar-refractivity contribution in [2.45, 2.75) is 38.7 Å². The zero-order chi connectivity index (χ0) is 13.1. The van der Waals surface area contributed by atoms with Crippen molar-refractivity contribution in [1.29, 1.82) is 5.26 Å². The van der Waals surface area contributed by atoms with E-state index in [4.69, 9.17) is 10.4 Å². The monoisotopic (exact) mass is 233 g/mol. The smallest absolute Gasteiger partial charge is 0.329 e. The number of hydrogen-bond acceptors (Lipinski definition) is 3. The number of nitrogens with zero attached hydrogens (tertiary/aromatic N) is 1. The third-order valence-corrected chi connectivity index (χ3v) is 3.20. The molecule has 0 aromatic heterocycles. The molecular formula is C13H15NO3. The first-order valence-corrected chi connectivity index (χ1v) is 5.41. The predicted molar refractivity (Wildman–Crippen MR) is 61.7 cm³/mol. The van der Waals surface area contributed by atoms with E-state index in [0.29, 0.717) is 18.4 Å². The molecule has 1 fully saturated rings. The van der Waals surface area contributed by atoms with Crippen molar-refractivity contribution in [3.05, 3.63) is 11.6 Å². The Labute approximate surface area is 101 Å². The van der Waals surface area contributed by atoms with Gasteiger partial charge < -0.3 is 10.2 Å². The number of rotatable bonds is 2. The number of allylic oxidation sites excluding steroid dienone is 1. The van der Waals surface area contributed by atoms with Gasteiger partial charge in [-0.05, 0) is 33.1 Å². The summed E-state index contributed by atoms with van der Waals surface area (Å²) in [6, 6.07) is 2.13. The minimum absolute atomic E-state index is 0.352. The van der Waals surface area contributed by atoms with Gasteiger partial charge >= 0.3 is 5.97 Å². The van der Waals surface area contributed by atoms with Gasteiger partial charge in [0.1, 0.15) is 5.60 Å². The summed E-state index contributed by atoms with van der Waals surface area (Å²) in [5, 5.41) is 27.8. The lowest BCUT2D eigenvalue weighted by Gasteiger charge is -2.43. The minimum atomic E-state index is -1.40. The number of carboxylic acids is 1. The van der Waals surface area contributed by atoms with Gasteiger partial charge in [-0.3, -0.25) is 0 Å². The predicted octanol–water partition coefficient (Wildman–Crippen LogP) is 1.47. The summed E-state index contributed by atoms with van der Waals surface area (Å²) in [7, 11) is 0. The maximum Gasteiger partial charge on any atom is 0.329 e. The van der Waals surface area contributed by atoms with Crippen LogP contribution < -0.4 is 0 Å². The molecule has 0 aromatic carbocycles. The van der Waals surface area contributed by atoms with E-state index in [2.05, 4.69) is 17.9 Å². The van der Waals surface area contributed by atoms with Gasteiger partial charge in [-0.1, -0.05) is 11.8 Å². The third-order valence-electron chi connectivity index (χ3n) is 3.20. The van der Waals surface area contributed by atoms with E-state index in [9.17, 15) is 9.90 Å². The minimum Gasteiger partial charge on any atom is -0.478 e. The lowest BCUT2D eigenvalue weighted by molar-refractivity contribution is -0.131. The SMILES string of the molecule is C/C(C#C[C@@](C)(O)C1(C#N)CCC1)=C/C(=O)O. The van der Waals surface area contributed by atoms with Crippen LogP contribution >= 0.6 is 0 Å². The molecule has 4 nitrogen and oxygen atoms in total. The molecule has 1 aliphatic carbocycles. The van der Waals surface area contributed by atoms with Gasteiger partial charge in [0.2, 0.25) is 0 Å². The average molecular weight is 233 g/mol. The Bertz CT molecular complexity index is 453. The normalized spacial score (nSPS) is 21.2. The van der Waals surface area contributed by atoms with Gasteiger partial charge in [-0.15, -0.1) is 0 Å². The third kappa shape index (κ3) is 2.67. The summed E-state index contributed by atoms with van der Waals surface area (Å²) in [5.41, 5.74) is -1.85. The number of aliphatic carboxylic acids is 1. The summed E-state index contributed by atoms with van der Waals surface area (Å²) in [6.07, 6.45) is 3.15. The number of nitriles is 1. The topological polar surface area (TPSA) is 81.3 Å². The maximum atomic E-state index is 10.4. The lowest BCUT2D eigenvalue weighted by atomic mass is 9.60. The van der Waals surface area contributed by atoms with Crippen LogP contribution in [0.2, 0.25) is 0 Å². The molecule has 0 saturated heterocycles. The highest BCUT2D eigenvalue weighted by molar-refractivity contribution is 5.81. The van der Waals surface area contributed by atoms with Crippen molar-refractivity contribution >= 4 is 5.97 Å². The first-order chi connectivity index (χ1) is 7.83. The fourth-order valence-corrected chi connectivity index (χ4v) is 1.80. The molecule has 0 aromatic rings. The van der Waals surface area contributed by atoms with Crippen LogP contribution in [0.1, 0.15) is 33.1 Å². The molecule has 0 aliphatic heterocycles. The molecule has 1 aliphatic rings. The first kappa shape index (κ1) is 13.3. The number of aliphatic hydroxyl groups is 1. The molecule has 0 unspecified atom stereocenters. The second kappa shape index (κ2) is 4.61. The molecule has 0 amide bonds. The van der Waals surface area contributed by atoms with Gasteiger partial charge in [0, 0.05) is 11.6 Å². The molecule has 90 valence electrons. The van der Waals surface area contributed by atoms with E-state index in [1.807, 2.05) is 0 Å². The van der Waals surface area contributed by atoms with E-state index in [1.54, 1.807) is 6.92 Å². The van der Waals surface area contributed by atoms with Crippen molar-refractivity contribution in [1.82, 2.24) is 0 Å². The van der Waals surface area contributed by atoms with Gasteiger partial charge in [-0.2, -0.15) is 5.26 Å². The van der Waals surface area contributed by atoms with Gasteiger partial charge in [0.25, 0.3) is 0 Å². The Morgan fingerprint density at radius 3 is 2.47 bits per heavy atom. The molecule has 2 N–H and O–H groups in total. The lowest BCUT2D eigenvalue weighted by Crippen LogP contribution is -2.48. The van der Waals surface area contributed by atoms with Crippen LogP contribution in [0.15, 0.2) is 11.6 Å². The van der Waals surface area contributed by atoms with Crippen LogP contribution in [0, 0.1) is 28.6 Å². The molecule has 0 bridgehead atoms. The molecule has 0 radical (unpaired) electrons. The summed E-state index contributed by atoms with van der Waals surface area (Å²) in [4.78, 5) is 10.4. The van der Waals surface area contributed by atoms with Crippen molar-refractivity contribution in [2.24, 2.45) is 5.41 Å². The highest BCUT2D eigenvalue weighted by Gasteiger charge is 2.51. The molecule has 1 rings (SSSR count). The molecule has 4 heteroatoms. The largest absolute Gasteiger partial charge is 0.478 e. The van der Waals surface area contributed by atoms with E-state index in [-0.39, 0.29) is 0 Å². The Morgan fingerprint density at radius 1 is 1.53 bits per heavy atom. The highest BCUT2D eigenvalue weighted by atomic mass is 16.4. The molecule has 1 saturated carbocycles. The Hall–Kier alpha value is -1.78. The van der Waals surface area contributed by atoms with Crippen molar-refractivity contribution in [2.75, 3.05) is 0 Å². The van der Waals surface area contributed by atoms with Gasteiger partial charge in [0.05, 0.1) is 11.5 Å². The van der Waals surface area contributed by atoms with Crippen molar-refractivity contribution in [3.63, 3.8) is 0 Å². The number of carbonyl (C=O) groups is 1. The fourth-order valence-electron chi connectivity index (χ4n) is 1.80. The molecule has 1 atom stereocenters. The second-order valence-electron chi connectivity index (χ2n) is 4.54. The van der Waals surface area contributed by atoms with E-state index >= 15 is 0 Å². The van der Waals surface area contributed by atoms with E-state index in [1.165, 1.54) is 6.92 Å². The summed E-state index contributed by atoms with van der Waals surface area (Å²) in [6.45, 7) is 3.06. The van der Waals surface area contributed by atoms with Crippen LogP contribution in [0.5, 0.6) is 0 Å². The number of carboxylic acid groups (broad SMARTS) is 1. The zero-order valence-electron chi connectivity index (χ0n) is 9.95. The molecule has 0 spiro atoms. The van der Waals surface area contributed by atoms with Crippen LogP contribution in [0.4, 0.5) is 0 Å². The second-order valence-corrected chi connectivity index (χ2v) is 4.54. The molecular weight excluding hydrogens is 218 g/mol. The van der Waals surface area contributed by atoms with Crippen molar-refractivity contribution < 1.29 is 15.0 Å². The van der Waals surface area contributed by atoms with Gasteiger partial charge in [0.15, 0.2) is 0 Å². The Kier molecular flexibility index (Phi) is 3.60. The molecule has 17 heavy (non-hydrogen) atoms. The zero-order valence-corrected chi connectivity index (χ0v) is 9.95. The van der Waals surface area contributed by atoms with Crippen molar-refractivity contribution in [3.8, 4) is 17.9 Å². The maximum absolute atomic E-state index is 10.4. The van der Waals surface area contributed by atoms with Gasteiger partial charge in [-0.25, -0.2) is 4.79 Å². The van der Waals surface area contributed by atoms with Crippen LogP contribution in [-0.2, 0) is 4.79 Å². The quantitative estimate of drug-likeness (QED) is 0.559. The number of hydrogen-bond donors (Lipinski definition) is 2. The van der Waals surface area contributed by atoms with Crippen LogP contribution in [-0.4, -0.2) is 21.8 Å². The summed E-state index contributed by atoms with van der Waals surface area (Å²) >= 11 is 0. The molecule has 0 heterocycles. The first-order valence-electron chi connectivity index (χ1n) is 5.41. The standard InChI is InChI=1S/C13H15NO3/c1-10(8-11(15)16)4-7-12(2,17)13(9-14)5-3-6-13/h8,17H,3,5-6H2,1-2H3,(H,15,16)/b10-8-/t12-/m1/s1. The average Bonchev–Trinajstić information content (AvgIpc) is 2.12. The van der Waals surface area contributed by atoms with Crippen LogP contribution in [0.25, 0.3) is 0 Å². The highest BCUT2D eigenvalue weighted by Crippen LogP contribution is 2.48. The Balaban J connectivity index is 2.91. The van der Waals surface area contributed by atoms with E-state index < -0.39 is 17.0 Å². The van der Waals surface area contributed by atoms with E-state index in [0.717, 1.165) is 12.5 Å². The van der Waals surface area contributed by atoms with Crippen LogP contribution in [0.3, 0.4) is 0 Å². The summed E-state index contributed by atoms with van der Waals surface area (Å²) in [5.74, 6) is 4.13. The summed E-state index contributed by atoms with van der Waals surface area (Å²) < 4.78 is 0. The Morgan fingerprint density at radius 2 is 2.12 bits per heavy atom.